The standard InChI is InChI=1S/C24H22N4O4/c1-4-28-20-9-6-16(12-19(20)27-23(30)24(28)31)22(29)26-17-7-10-21(25-13-17)32-18-8-5-14(2)15(3)11-18/h5-13H,4H2,1-3H3,(H,26,29)(H,27,30). The van der Waals surface area contributed by atoms with Crippen molar-refractivity contribution in [3.63, 3.8) is 0 Å². The van der Waals surface area contributed by atoms with E-state index >= 15 is 0 Å². The fraction of sp³-hybridized carbons (Fsp3) is 0.167. The number of nitrogens with one attached hydrogen (secondary N) is 2. The average molecular weight is 430 g/mol. The molecule has 2 heterocycles. The van der Waals surface area contributed by atoms with E-state index in [4.69, 9.17) is 4.74 Å². The van der Waals surface area contributed by atoms with E-state index < -0.39 is 11.1 Å². The van der Waals surface area contributed by atoms with Crippen LogP contribution in [0.4, 0.5) is 5.69 Å². The van der Waals surface area contributed by atoms with Gasteiger partial charge in [0, 0.05) is 18.2 Å². The van der Waals surface area contributed by atoms with Gasteiger partial charge in [0.25, 0.3) is 5.91 Å². The maximum absolute atomic E-state index is 12.7. The summed E-state index contributed by atoms with van der Waals surface area (Å²) in [6, 6.07) is 14.0. The largest absolute Gasteiger partial charge is 0.439 e. The summed E-state index contributed by atoms with van der Waals surface area (Å²) >= 11 is 0. The van der Waals surface area contributed by atoms with Gasteiger partial charge < -0.3 is 19.6 Å². The van der Waals surface area contributed by atoms with Gasteiger partial charge in [0.15, 0.2) is 0 Å². The molecule has 8 heteroatoms. The van der Waals surface area contributed by atoms with Crippen LogP contribution in [0.2, 0.25) is 0 Å². The van der Waals surface area contributed by atoms with E-state index in [1.807, 2.05) is 32.0 Å². The van der Waals surface area contributed by atoms with Gasteiger partial charge >= 0.3 is 11.1 Å². The number of aryl methyl sites for hydroxylation is 3. The van der Waals surface area contributed by atoms with E-state index in [-0.39, 0.29) is 5.91 Å². The monoisotopic (exact) mass is 430 g/mol. The second-order valence-corrected chi connectivity index (χ2v) is 7.42. The van der Waals surface area contributed by atoms with Crippen molar-refractivity contribution in [2.24, 2.45) is 0 Å². The molecule has 0 fully saturated rings. The lowest BCUT2D eigenvalue weighted by Crippen LogP contribution is -2.36. The van der Waals surface area contributed by atoms with Gasteiger partial charge in [-0.1, -0.05) is 6.07 Å². The van der Waals surface area contributed by atoms with Crippen molar-refractivity contribution >= 4 is 22.6 Å². The van der Waals surface area contributed by atoms with E-state index in [1.165, 1.54) is 16.3 Å². The van der Waals surface area contributed by atoms with Gasteiger partial charge in [-0.3, -0.25) is 14.4 Å². The highest BCUT2D eigenvalue weighted by Crippen LogP contribution is 2.23. The molecule has 0 aliphatic rings. The van der Waals surface area contributed by atoms with E-state index in [0.717, 1.165) is 5.56 Å². The van der Waals surface area contributed by atoms with Crippen molar-refractivity contribution in [3.8, 4) is 11.6 Å². The zero-order valence-corrected chi connectivity index (χ0v) is 17.9. The topological polar surface area (TPSA) is 106 Å². The third kappa shape index (κ3) is 4.15. The molecule has 1 amide bonds. The molecule has 2 N–H and O–H groups in total. The van der Waals surface area contributed by atoms with Crippen LogP contribution in [0.15, 0.2) is 64.3 Å². The number of benzene rings is 2. The Balaban J connectivity index is 1.51. The minimum absolute atomic E-state index is 0.338. The Labute approximate surface area is 183 Å². The molecule has 0 aliphatic carbocycles. The van der Waals surface area contributed by atoms with E-state index in [9.17, 15) is 14.4 Å². The maximum atomic E-state index is 12.7. The Kier molecular flexibility index (Phi) is 5.59. The summed E-state index contributed by atoms with van der Waals surface area (Å²) in [6.45, 7) is 6.18. The zero-order chi connectivity index (χ0) is 22.8. The van der Waals surface area contributed by atoms with E-state index in [2.05, 4.69) is 15.3 Å². The van der Waals surface area contributed by atoms with Crippen LogP contribution in [0.25, 0.3) is 11.0 Å². The number of carbonyl (C=O) groups is 1. The van der Waals surface area contributed by atoms with Crippen molar-refractivity contribution in [2.45, 2.75) is 27.3 Å². The third-order valence-corrected chi connectivity index (χ3v) is 5.25. The summed E-state index contributed by atoms with van der Waals surface area (Å²) < 4.78 is 7.13. The molecule has 32 heavy (non-hydrogen) atoms. The molecule has 0 unspecified atom stereocenters. The number of hydrogen-bond acceptors (Lipinski definition) is 5. The van der Waals surface area contributed by atoms with Gasteiger partial charge in [-0.15, -0.1) is 0 Å². The van der Waals surface area contributed by atoms with Crippen LogP contribution in [0.3, 0.4) is 0 Å². The molecule has 8 nitrogen and oxygen atoms in total. The fourth-order valence-electron chi connectivity index (χ4n) is 3.35. The highest BCUT2D eigenvalue weighted by molar-refractivity contribution is 6.05. The number of rotatable bonds is 5. The molecule has 0 saturated heterocycles. The second kappa shape index (κ2) is 8.50. The molecular formula is C24H22N4O4. The molecule has 0 bridgehead atoms. The van der Waals surface area contributed by atoms with Crippen molar-refractivity contribution < 1.29 is 9.53 Å². The average Bonchev–Trinajstić information content (AvgIpc) is 2.78. The van der Waals surface area contributed by atoms with Gasteiger partial charge in [0.05, 0.1) is 22.9 Å². The van der Waals surface area contributed by atoms with Crippen LogP contribution in [0.5, 0.6) is 11.6 Å². The number of carbonyl (C=O) groups excluding carboxylic acids is 1. The smallest absolute Gasteiger partial charge is 0.316 e. The van der Waals surface area contributed by atoms with Gasteiger partial charge in [-0.25, -0.2) is 4.98 Å². The molecule has 0 radical (unpaired) electrons. The van der Waals surface area contributed by atoms with Gasteiger partial charge in [-0.2, -0.15) is 0 Å². The first-order valence-electron chi connectivity index (χ1n) is 10.1. The summed E-state index contributed by atoms with van der Waals surface area (Å²) in [7, 11) is 0. The molecule has 2 aromatic carbocycles. The molecular weight excluding hydrogens is 408 g/mol. The Morgan fingerprint density at radius 3 is 2.56 bits per heavy atom. The van der Waals surface area contributed by atoms with Crippen molar-refractivity contribution in [2.75, 3.05) is 5.32 Å². The second-order valence-electron chi connectivity index (χ2n) is 7.42. The van der Waals surface area contributed by atoms with Crippen molar-refractivity contribution in [3.05, 3.63) is 92.1 Å². The Morgan fingerprint density at radius 2 is 1.88 bits per heavy atom. The lowest BCUT2D eigenvalue weighted by molar-refractivity contribution is 0.102. The maximum Gasteiger partial charge on any atom is 0.316 e. The minimum atomic E-state index is -0.722. The van der Waals surface area contributed by atoms with Crippen LogP contribution in [0.1, 0.15) is 28.4 Å². The number of amides is 1. The quantitative estimate of drug-likeness (QED) is 0.469. The van der Waals surface area contributed by atoms with E-state index in [1.54, 1.807) is 37.3 Å². The highest BCUT2D eigenvalue weighted by Gasteiger charge is 2.11. The minimum Gasteiger partial charge on any atom is -0.439 e. The number of fused-ring (bicyclic) bond motifs is 1. The predicted octanol–water partition coefficient (Wildman–Crippen LogP) is 3.77. The Hall–Kier alpha value is -4.20. The van der Waals surface area contributed by atoms with Crippen LogP contribution >= 0.6 is 0 Å². The van der Waals surface area contributed by atoms with Gasteiger partial charge in [0.2, 0.25) is 5.88 Å². The van der Waals surface area contributed by atoms with Crippen molar-refractivity contribution in [1.29, 1.82) is 0 Å². The third-order valence-electron chi connectivity index (χ3n) is 5.25. The summed E-state index contributed by atoms with van der Waals surface area (Å²) in [5.41, 5.74) is 2.77. The summed E-state index contributed by atoms with van der Waals surface area (Å²) in [5, 5.41) is 2.77. The number of pyridine rings is 1. The number of H-pyrrole nitrogens is 1. The molecule has 2 aromatic heterocycles. The molecule has 4 rings (SSSR count). The molecule has 4 aromatic rings. The molecule has 0 spiro atoms. The van der Waals surface area contributed by atoms with Gasteiger partial charge in [0.1, 0.15) is 5.75 Å². The summed E-state index contributed by atoms with van der Waals surface area (Å²) in [5.74, 6) is 0.729. The van der Waals surface area contributed by atoms with Crippen LogP contribution < -0.4 is 21.2 Å². The number of anilines is 1. The Morgan fingerprint density at radius 1 is 1.06 bits per heavy atom. The summed E-state index contributed by atoms with van der Waals surface area (Å²) in [4.78, 5) is 43.3. The van der Waals surface area contributed by atoms with Crippen LogP contribution in [0, 0.1) is 13.8 Å². The predicted molar refractivity (Wildman–Crippen MR) is 123 cm³/mol. The molecule has 162 valence electrons. The number of nitrogens with zero attached hydrogens (tertiary/aromatic N) is 2. The highest BCUT2D eigenvalue weighted by atomic mass is 16.5. The van der Waals surface area contributed by atoms with E-state index in [0.29, 0.717) is 40.5 Å². The number of aromatic nitrogens is 3. The molecule has 0 saturated carbocycles. The van der Waals surface area contributed by atoms with Crippen molar-refractivity contribution in [1.82, 2.24) is 14.5 Å². The number of ether oxygens (including phenoxy) is 1. The number of hydrogen-bond donors (Lipinski definition) is 2. The first-order valence-corrected chi connectivity index (χ1v) is 10.1. The fourth-order valence-corrected chi connectivity index (χ4v) is 3.35. The SMILES string of the molecule is CCn1c(=O)c(=O)[nH]c2cc(C(=O)Nc3ccc(Oc4ccc(C)c(C)c4)nc3)ccc21. The van der Waals surface area contributed by atoms with Crippen LogP contribution in [-0.2, 0) is 6.54 Å². The molecule has 0 atom stereocenters. The molecule has 0 aliphatic heterocycles. The first kappa shape index (κ1) is 21.0. The summed E-state index contributed by atoms with van der Waals surface area (Å²) in [6.07, 6.45) is 1.51. The van der Waals surface area contributed by atoms with Crippen LogP contribution in [-0.4, -0.2) is 20.4 Å². The Bertz CT molecular complexity index is 1440. The lowest BCUT2D eigenvalue weighted by atomic mass is 10.1. The lowest BCUT2D eigenvalue weighted by Gasteiger charge is -2.10. The number of aromatic amines is 1. The van der Waals surface area contributed by atoms with Gasteiger partial charge in [-0.05, 0) is 68.3 Å². The first-order chi connectivity index (χ1) is 15.4. The zero-order valence-electron chi connectivity index (χ0n) is 17.9. The normalized spacial score (nSPS) is 10.8.